The first-order chi connectivity index (χ1) is 10.5. The van der Waals surface area contributed by atoms with Crippen LogP contribution in [0.15, 0.2) is 18.2 Å². The van der Waals surface area contributed by atoms with Crippen LogP contribution < -0.4 is 16.0 Å². The topological polar surface area (TPSA) is 70.2 Å². The lowest BCUT2D eigenvalue weighted by Crippen LogP contribution is -2.36. The highest BCUT2D eigenvalue weighted by Gasteiger charge is 2.24. The maximum Gasteiger partial charge on any atom is 0.319 e. The number of nitrogens with one attached hydrogen (secondary N) is 3. The van der Waals surface area contributed by atoms with Crippen LogP contribution in [-0.4, -0.2) is 25.0 Å². The van der Waals surface area contributed by atoms with E-state index in [1.165, 1.54) is 0 Å². The number of hydrogen-bond acceptors (Lipinski definition) is 2. The molecular formula is C15H19F2N3O2. The van der Waals surface area contributed by atoms with Crippen molar-refractivity contribution in [2.45, 2.75) is 25.7 Å². The molecule has 7 heteroatoms. The van der Waals surface area contributed by atoms with Crippen LogP contribution in [0, 0.1) is 17.6 Å². The summed E-state index contributed by atoms with van der Waals surface area (Å²) in [6.45, 7) is 0.846. The molecule has 1 aliphatic carbocycles. The van der Waals surface area contributed by atoms with Crippen molar-refractivity contribution in [1.29, 1.82) is 0 Å². The fourth-order valence-corrected chi connectivity index (χ4v) is 2.12. The largest absolute Gasteiger partial charge is 0.356 e. The number of anilines is 1. The Labute approximate surface area is 127 Å². The number of carbonyl (C=O) groups is 2. The molecule has 1 fully saturated rings. The molecule has 1 aromatic rings. The first-order valence-corrected chi connectivity index (χ1v) is 7.33. The molecule has 2 rings (SSSR count). The lowest BCUT2D eigenvalue weighted by atomic mass is 9.85. The summed E-state index contributed by atoms with van der Waals surface area (Å²) in [4.78, 5) is 23.1. The van der Waals surface area contributed by atoms with Gasteiger partial charge in [0.2, 0.25) is 5.91 Å². The van der Waals surface area contributed by atoms with Crippen molar-refractivity contribution in [3.8, 4) is 0 Å². The number of carbonyl (C=O) groups excluding carboxylic acids is 2. The Hall–Kier alpha value is -2.18. The van der Waals surface area contributed by atoms with E-state index in [0.29, 0.717) is 19.5 Å². The van der Waals surface area contributed by atoms with Crippen LogP contribution >= 0.6 is 0 Å². The lowest BCUT2D eigenvalue weighted by molar-refractivity contribution is -0.127. The Bertz CT molecular complexity index is 527. The summed E-state index contributed by atoms with van der Waals surface area (Å²) in [5, 5.41) is 7.71. The monoisotopic (exact) mass is 311 g/mol. The van der Waals surface area contributed by atoms with E-state index in [1.54, 1.807) is 0 Å². The molecule has 1 saturated carbocycles. The Kier molecular flexibility index (Phi) is 5.68. The summed E-state index contributed by atoms with van der Waals surface area (Å²) in [5.74, 6) is -1.28. The van der Waals surface area contributed by atoms with E-state index in [1.807, 2.05) is 0 Å². The van der Waals surface area contributed by atoms with Gasteiger partial charge in [0.05, 0.1) is 0 Å². The Balaban J connectivity index is 1.60. The molecule has 0 saturated heterocycles. The Morgan fingerprint density at radius 3 is 2.27 bits per heavy atom. The normalized spacial score (nSPS) is 14.1. The van der Waals surface area contributed by atoms with Crippen LogP contribution in [0.2, 0.25) is 0 Å². The third-order valence-electron chi connectivity index (χ3n) is 3.53. The van der Waals surface area contributed by atoms with Crippen LogP contribution in [0.3, 0.4) is 0 Å². The molecule has 0 atom stereocenters. The van der Waals surface area contributed by atoms with Crippen LogP contribution in [-0.2, 0) is 4.79 Å². The van der Waals surface area contributed by atoms with Crippen molar-refractivity contribution >= 4 is 17.6 Å². The molecule has 0 aliphatic heterocycles. The van der Waals surface area contributed by atoms with Gasteiger partial charge in [-0.15, -0.1) is 0 Å². The van der Waals surface area contributed by atoms with Gasteiger partial charge in [-0.1, -0.05) is 6.42 Å². The van der Waals surface area contributed by atoms with Crippen LogP contribution in [0.1, 0.15) is 25.7 Å². The molecule has 1 aliphatic rings. The number of halogens is 2. The van der Waals surface area contributed by atoms with Crippen molar-refractivity contribution < 1.29 is 18.4 Å². The average molecular weight is 311 g/mol. The van der Waals surface area contributed by atoms with Crippen LogP contribution in [0.5, 0.6) is 0 Å². The number of amides is 3. The fraction of sp³-hybridized carbons (Fsp3) is 0.467. The van der Waals surface area contributed by atoms with Gasteiger partial charge >= 0.3 is 6.03 Å². The highest BCUT2D eigenvalue weighted by molar-refractivity contribution is 5.89. The van der Waals surface area contributed by atoms with Gasteiger partial charge in [-0.2, -0.15) is 0 Å². The third-order valence-corrected chi connectivity index (χ3v) is 3.53. The standard InChI is InChI=1S/C15H19F2N3O2/c16-11-7-12(17)9-13(8-11)20-15(22)19-6-2-5-18-14(21)10-3-1-4-10/h7-10H,1-6H2,(H,18,21)(H2,19,20,22). The van der Waals surface area contributed by atoms with Gasteiger partial charge in [0.15, 0.2) is 0 Å². The van der Waals surface area contributed by atoms with E-state index in [4.69, 9.17) is 0 Å². The number of benzene rings is 1. The van der Waals surface area contributed by atoms with Gasteiger partial charge < -0.3 is 16.0 Å². The maximum absolute atomic E-state index is 13.0. The number of hydrogen-bond donors (Lipinski definition) is 3. The minimum absolute atomic E-state index is 0.0493. The average Bonchev–Trinajstić information content (AvgIpc) is 2.34. The van der Waals surface area contributed by atoms with Gasteiger partial charge in [-0.05, 0) is 31.4 Å². The van der Waals surface area contributed by atoms with E-state index < -0.39 is 17.7 Å². The molecule has 22 heavy (non-hydrogen) atoms. The fourth-order valence-electron chi connectivity index (χ4n) is 2.12. The molecule has 3 amide bonds. The predicted molar refractivity (Wildman–Crippen MR) is 78.3 cm³/mol. The summed E-state index contributed by atoms with van der Waals surface area (Å²) < 4.78 is 25.9. The summed E-state index contributed by atoms with van der Waals surface area (Å²) in [5.41, 5.74) is 0.0493. The number of urea groups is 1. The Morgan fingerprint density at radius 2 is 1.68 bits per heavy atom. The molecule has 0 heterocycles. The third kappa shape index (κ3) is 4.98. The van der Waals surface area contributed by atoms with Gasteiger partial charge in [-0.3, -0.25) is 4.79 Å². The summed E-state index contributed by atoms with van der Waals surface area (Å²) in [6, 6.07) is 2.24. The lowest BCUT2D eigenvalue weighted by Gasteiger charge is -2.23. The summed E-state index contributed by atoms with van der Waals surface area (Å²) in [6.07, 6.45) is 3.61. The van der Waals surface area contributed by atoms with Gasteiger partial charge in [0, 0.05) is 30.8 Å². The van der Waals surface area contributed by atoms with Crippen molar-refractivity contribution in [2.24, 2.45) is 5.92 Å². The second-order valence-electron chi connectivity index (χ2n) is 5.31. The minimum Gasteiger partial charge on any atom is -0.356 e. The second kappa shape index (κ2) is 7.72. The smallest absolute Gasteiger partial charge is 0.319 e. The SMILES string of the molecule is O=C(NCCCNC(=O)C1CCC1)Nc1cc(F)cc(F)c1. The zero-order chi connectivity index (χ0) is 15.9. The van der Waals surface area contributed by atoms with Gasteiger partial charge in [0.1, 0.15) is 11.6 Å². The van der Waals surface area contributed by atoms with E-state index in [-0.39, 0.29) is 17.5 Å². The molecule has 1 aromatic carbocycles. The summed E-state index contributed by atoms with van der Waals surface area (Å²) >= 11 is 0. The van der Waals surface area contributed by atoms with Crippen LogP contribution in [0.25, 0.3) is 0 Å². The molecule has 120 valence electrons. The zero-order valence-electron chi connectivity index (χ0n) is 12.1. The molecule has 0 spiro atoms. The first-order valence-electron chi connectivity index (χ1n) is 7.33. The molecule has 0 unspecified atom stereocenters. The van der Waals surface area contributed by atoms with Crippen LogP contribution in [0.4, 0.5) is 19.3 Å². The molecule has 0 radical (unpaired) electrons. The van der Waals surface area contributed by atoms with Gasteiger partial charge in [0.25, 0.3) is 0 Å². The maximum atomic E-state index is 13.0. The quantitative estimate of drug-likeness (QED) is 0.706. The van der Waals surface area contributed by atoms with E-state index >= 15 is 0 Å². The van der Waals surface area contributed by atoms with Crippen molar-refractivity contribution in [2.75, 3.05) is 18.4 Å². The molecule has 0 bridgehead atoms. The number of rotatable bonds is 6. The van der Waals surface area contributed by atoms with Crippen molar-refractivity contribution in [3.63, 3.8) is 0 Å². The molecule has 5 nitrogen and oxygen atoms in total. The molecule has 0 aromatic heterocycles. The molecule has 3 N–H and O–H groups in total. The highest BCUT2D eigenvalue weighted by atomic mass is 19.1. The van der Waals surface area contributed by atoms with E-state index in [0.717, 1.165) is 37.5 Å². The minimum atomic E-state index is -0.756. The second-order valence-corrected chi connectivity index (χ2v) is 5.31. The zero-order valence-corrected chi connectivity index (χ0v) is 12.1. The molecular weight excluding hydrogens is 292 g/mol. The highest BCUT2D eigenvalue weighted by Crippen LogP contribution is 2.25. The predicted octanol–water partition coefficient (Wildman–Crippen LogP) is 2.39. The Morgan fingerprint density at radius 1 is 1.05 bits per heavy atom. The van der Waals surface area contributed by atoms with Gasteiger partial charge in [-0.25, -0.2) is 13.6 Å². The van der Waals surface area contributed by atoms with E-state index in [9.17, 15) is 18.4 Å². The van der Waals surface area contributed by atoms with E-state index in [2.05, 4.69) is 16.0 Å². The first kappa shape index (κ1) is 16.2. The van der Waals surface area contributed by atoms with Crippen molar-refractivity contribution in [3.05, 3.63) is 29.8 Å². The van der Waals surface area contributed by atoms with Crippen molar-refractivity contribution in [1.82, 2.24) is 10.6 Å². The summed E-state index contributed by atoms with van der Waals surface area (Å²) in [7, 11) is 0.